The monoisotopic (exact) mass is 326 g/mol. The Labute approximate surface area is 128 Å². The highest BCUT2D eigenvalue weighted by Crippen LogP contribution is 2.26. The Morgan fingerprint density at radius 1 is 1.32 bits per heavy atom. The van der Waals surface area contributed by atoms with E-state index >= 15 is 0 Å². The van der Waals surface area contributed by atoms with E-state index in [1.165, 1.54) is 4.90 Å². The Balaban J connectivity index is 2.02. The third kappa shape index (κ3) is 4.54. The summed E-state index contributed by atoms with van der Waals surface area (Å²) in [6, 6.07) is 7.04. The number of anilines is 1. The van der Waals surface area contributed by atoms with Crippen LogP contribution in [0, 0.1) is 5.92 Å². The molecule has 0 spiro atoms. The number of carbonyl (C=O) groups is 2. The van der Waals surface area contributed by atoms with Crippen LogP contribution in [0.4, 0.5) is 5.69 Å². The molecule has 1 atom stereocenters. The predicted octanol–water partition coefficient (Wildman–Crippen LogP) is 0.345. The Morgan fingerprint density at radius 3 is 2.50 bits per heavy atom. The molecule has 120 valence electrons. The standard InChI is InChI=1S/C14H18N2O5S/c15-22(20,21)9-11-7-13(17)16(8-11)12-4-1-10(2-5-12)3-6-14(18)19/h1-2,4-5,11H,3,6-9H2,(H,18,19)(H2,15,20,21). The average molecular weight is 326 g/mol. The van der Waals surface area contributed by atoms with Crippen molar-refractivity contribution in [3.63, 3.8) is 0 Å². The first-order chi connectivity index (χ1) is 10.2. The molecule has 7 nitrogen and oxygen atoms in total. The van der Waals surface area contributed by atoms with E-state index in [4.69, 9.17) is 10.2 Å². The van der Waals surface area contributed by atoms with Crippen LogP contribution in [0.3, 0.4) is 0 Å². The van der Waals surface area contributed by atoms with Gasteiger partial charge in [-0.3, -0.25) is 9.59 Å². The maximum Gasteiger partial charge on any atom is 0.303 e. The number of carboxylic acids is 1. The first-order valence-electron chi connectivity index (χ1n) is 6.86. The number of primary sulfonamides is 1. The Morgan fingerprint density at radius 2 is 1.95 bits per heavy atom. The molecule has 1 aliphatic heterocycles. The lowest BCUT2D eigenvalue weighted by molar-refractivity contribution is -0.137. The molecular weight excluding hydrogens is 308 g/mol. The second kappa shape index (κ2) is 6.45. The van der Waals surface area contributed by atoms with Gasteiger partial charge in [-0.25, -0.2) is 13.6 Å². The number of sulfonamides is 1. The van der Waals surface area contributed by atoms with Gasteiger partial charge in [-0.15, -0.1) is 0 Å². The van der Waals surface area contributed by atoms with Gasteiger partial charge < -0.3 is 10.0 Å². The molecule has 2 rings (SSSR count). The van der Waals surface area contributed by atoms with Gasteiger partial charge in [0.1, 0.15) is 0 Å². The normalized spacial score (nSPS) is 18.7. The molecule has 1 amide bonds. The van der Waals surface area contributed by atoms with Crippen molar-refractivity contribution in [3.05, 3.63) is 29.8 Å². The summed E-state index contributed by atoms with van der Waals surface area (Å²) >= 11 is 0. The number of carboxylic acid groups (broad SMARTS) is 1. The summed E-state index contributed by atoms with van der Waals surface area (Å²) in [6.07, 6.45) is 0.646. The second-order valence-electron chi connectivity index (χ2n) is 5.46. The molecule has 1 aromatic carbocycles. The van der Waals surface area contributed by atoms with Crippen molar-refractivity contribution in [3.8, 4) is 0 Å². The molecule has 0 radical (unpaired) electrons. The van der Waals surface area contributed by atoms with Crippen molar-refractivity contribution in [2.24, 2.45) is 11.1 Å². The smallest absolute Gasteiger partial charge is 0.303 e. The van der Waals surface area contributed by atoms with Crippen molar-refractivity contribution in [1.82, 2.24) is 0 Å². The number of carbonyl (C=O) groups excluding carboxylic acids is 1. The molecule has 1 saturated heterocycles. The van der Waals surface area contributed by atoms with E-state index in [-0.39, 0.29) is 30.4 Å². The van der Waals surface area contributed by atoms with Crippen LogP contribution >= 0.6 is 0 Å². The molecule has 8 heteroatoms. The molecular formula is C14H18N2O5S. The Hall–Kier alpha value is -1.93. The summed E-state index contributed by atoms with van der Waals surface area (Å²) < 4.78 is 22.2. The molecule has 1 aromatic rings. The van der Waals surface area contributed by atoms with Crippen molar-refractivity contribution in [2.45, 2.75) is 19.3 Å². The minimum atomic E-state index is -3.59. The van der Waals surface area contributed by atoms with Crippen LogP contribution < -0.4 is 10.0 Å². The zero-order chi connectivity index (χ0) is 16.3. The molecule has 1 unspecified atom stereocenters. The molecule has 3 N–H and O–H groups in total. The summed E-state index contributed by atoms with van der Waals surface area (Å²) in [4.78, 5) is 24.1. The van der Waals surface area contributed by atoms with Crippen molar-refractivity contribution in [1.29, 1.82) is 0 Å². The molecule has 22 heavy (non-hydrogen) atoms. The summed E-state index contributed by atoms with van der Waals surface area (Å²) in [7, 11) is -3.59. The third-order valence-corrected chi connectivity index (χ3v) is 4.48. The van der Waals surface area contributed by atoms with E-state index in [2.05, 4.69) is 0 Å². The van der Waals surface area contributed by atoms with Crippen molar-refractivity contribution in [2.75, 3.05) is 17.2 Å². The predicted molar refractivity (Wildman–Crippen MR) is 80.8 cm³/mol. The average Bonchev–Trinajstić information content (AvgIpc) is 2.75. The van der Waals surface area contributed by atoms with Crippen LogP contribution in [0.1, 0.15) is 18.4 Å². The third-order valence-electron chi connectivity index (χ3n) is 3.55. The SMILES string of the molecule is NS(=O)(=O)CC1CC(=O)N(c2ccc(CCC(=O)O)cc2)C1. The van der Waals surface area contributed by atoms with E-state index in [0.717, 1.165) is 5.56 Å². The number of benzene rings is 1. The van der Waals surface area contributed by atoms with E-state index in [1.54, 1.807) is 24.3 Å². The van der Waals surface area contributed by atoms with E-state index in [0.29, 0.717) is 18.7 Å². The van der Waals surface area contributed by atoms with Gasteiger partial charge >= 0.3 is 5.97 Å². The molecule has 0 bridgehead atoms. The highest BCUT2D eigenvalue weighted by molar-refractivity contribution is 7.89. The maximum atomic E-state index is 12.0. The van der Waals surface area contributed by atoms with Gasteiger partial charge in [0.15, 0.2) is 0 Å². The topological polar surface area (TPSA) is 118 Å². The highest BCUT2D eigenvalue weighted by atomic mass is 32.2. The maximum absolute atomic E-state index is 12.0. The lowest BCUT2D eigenvalue weighted by Gasteiger charge is -2.17. The van der Waals surface area contributed by atoms with Crippen LogP contribution in [0.25, 0.3) is 0 Å². The van der Waals surface area contributed by atoms with Gasteiger partial charge in [0, 0.05) is 31.0 Å². The first kappa shape index (κ1) is 16.4. The molecule has 0 aromatic heterocycles. The van der Waals surface area contributed by atoms with E-state index < -0.39 is 16.0 Å². The fraction of sp³-hybridized carbons (Fsp3) is 0.429. The number of aliphatic carboxylic acids is 1. The van der Waals surface area contributed by atoms with Gasteiger partial charge in [0.2, 0.25) is 15.9 Å². The largest absolute Gasteiger partial charge is 0.481 e. The number of aryl methyl sites for hydroxylation is 1. The first-order valence-corrected chi connectivity index (χ1v) is 8.58. The highest BCUT2D eigenvalue weighted by Gasteiger charge is 2.32. The quantitative estimate of drug-likeness (QED) is 0.782. The number of nitrogens with two attached hydrogens (primary N) is 1. The Bertz CT molecular complexity index is 669. The molecule has 1 heterocycles. The van der Waals surface area contributed by atoms with Gasteiger partial charge in [-0.2, -0.15) is 0 Å². The molecule has 0 aliphatic carbocycles. The minimum Gasteiger partial charge on any atom is -0.481 e. The number of hydrogen-bond donors (Lipinski definition) is 2. The number of amides is 1. The molecule has 0 saturated carbocycles. The second-order valence-corrected chi connectivity index (χ2v) is 7.12. The molecule has 1 fully saturated rings. The van der Waals surface area contributed by atoms with E-state index in [9.17, 15) is 18.0 Å². The van der Waals surface area contributed by atoms with Crippen LogP contribution in [0.2, 0.25) is 0 Å². The zero-order valence-electron chi connectivity index (χ0n) is 11.9. The van der Waals surface area contributed by atoms with Gasteiger partial charge in [-0.1, -0.05) is 12.1 Å². The number of hydrogen-bond acceptors (Lipinski definition) is 4. The van der Waals surface area contributed by atoms with Gasteiger partial charge in [-0.05, 0) is 24.1 Å². The van der Waals surface area contributed by atoms with Crippen molar-refractivity contribution < 1.29 is 23.1 Å². The molecule has 1 aliphatic rings. The van der Waals surface area contributed by atoms with Crippen molar-refractivity contribution >= 4 is 27.6 Å². The Kier molecular flexibility index (Phi) is 4.82. The summed E-state index contributed by atoms with van der Waals surface area (Å²) in [6.45, 7) is 0.323. The van der Waals surface area contributed by atoms with Crippen LogP contribution in [0.5, 0.6) is 0 Å². The lowest BCUT2D eigenvalue weighted by atomic mass is 10.1. The summed E-state index contributed by atoms with van der Waals surface area (Å²) in [5.41, 5.74) is 1.56. The van der Waals surface area contributed by atoms with Crippen LogP contribution in [-0.2, 0) is 26.0 Å². The summed E-state index contributed by atoms with van der Waals surface area (Å²) in [5.74, 6) is -1.49. The minimum absolute atomic E-state index is 0.0540. The zero-order valence-corrected chi connectivity index (χ0v) is 12.8. The summed E-state index contributed by atoms with van der Waals surface area (Å²) in [5, 5.41) is 13.7. The van der Waals surface area contributed by atoms with Gasteiger partial charge in [0.25, 0.3) is 0 Å². The fourth-order valence-corrected chi connectivity index (χ4v) is 3.45. The fourth-order valence-electron chi connectivity index (χ4n) is 2.57. The van der Waals surface area contributed by atoms with Crippen LogP contribution in [-0.4, -0.2) is 37.7 Å². The van der Waals surface area contributed by atoms with Crippen LogP contribution in [0.15, 0.2) is 24.3 Å². The van der Waals surface area contributed by atoms with Gasteiger partial charge in [0.05, 0.1) is 5.75 Å². The number of rotatable bonds is 6. The number of nitrogens with zero attached hydrogens (tertiary/aromatic N) is 1. The van der Waals surface area contributed by atoms with E-state index in [1.807, 2.05) is 0 Å². The lowest BCUT2D eigenvalue weighted by Crippen LogP contribution is -2.27.